The van der Waals surface area contributed by atoms with Crippen molar-refractivity contribution in [1.82, 2.24) is 10.2 Å². The lowest BCUT2D eigenvalue weighted by Crippen LogP contribution is -2.59. The van der Waals surface area contributed by atoms with Crippen molar-refractivity contribution in [2.75, 3.05) is 18.1 Å². The second-order valence-electron chi connectivity index (χ2n) is 7.77. The van der Waals surface area contributed by atoms with Gasteiger partial charge in [0.15, 0.2) is 0 Å². The molecule has 3 rings (SSSR count). The standard InChI is InChI=1S/C21H28N2O5S2/c1-14(22-16(19(25)26)8-7-15-5-3-2-4-6-15)18(24)23-13-21(29-11-12-30-21)10-9-17(23)20(27)28/h2-6,14,16-17,22H,7-13H2,1H3,(H,25,26)(H,27,28)/t14?,16-,17-/m0/s1. The van der Waals surface area contributed by atoms with Crippen molar-refractivity contribution in [2.24, 2.45) is 0 Å². The van der Waals surface area contributed by atoms with Crippen LogP contribution < -0.4 is 5.32 Å². The van der Waals surface area contributed by atoms with Crippen LogP contribution in [0.15, 0.2) is 30.3 Å². The first-order chi connectivity index (χ1) is 14.3. The van der Waals surface area contributed by atoms with Crippen molar-refractivity contribution in [1.29, 1.82) is 0 Å². The molecule has 3 atom stereocenters. The number of thioether (sulfide) groups is 2. The number of carbonyl (C=O) groups is 3. The fourth-order valence-corrected chi connectivity index (χ4v) is 7.27. The lowest BCUT2D eigenvalue weighted by atomic mass is 9.99. The monoisotopic (exact) mass is 452 g/mol. The molecular weight excluding hydrogens is 424 g/mol. The zero-order valence-corrected chi connectivity index (χ0v) is 18.6. The molecule has 0 bridgehead atoms. The van der Waals surface area contributed by atoms with Crippen LogP contribution in [-0.2, 0) is 20.8 Å². The molecule has 1 spiro atoms. The number of aryl methyl sites for hydroxylation is 1. The van der Waals surface area contributed by atoms with Crippen molar-refractivity contribution in [3.05, 3.63) is 35.9 Å². The van der Waals surface area contributed by atoms with Crippen LogP contribution in [0.25, 0.3) is 0 Å². The highest BCUT2D eigenvalue weighted by Gasteiger charge is 2.47. The summed E-state index contributed by atoms with van der Waals surface area (Å²) in [5, 5.41) is 22.2. The number of rotatable bonds is 8. The van der Waals surface area contributed by atoms with Crippen molar-refractivity contribution in [3.63, 3.8) is 0 Å². The predicted octanol–water partition coefficient (Wildman–Crippen LogP) is 2.30. The third kappa shape index (κ3) is 5.50. The van der Waals surface area contributed by atoms with Gasteiger partial charge in [-0.05, 0) is 38.2 Å². The topological polar surface area (TPSA) is 107 Å². The Balaban J connectivity index is 1.66. The van der Waals surface area contributed by atoms with Crippen LogP contribution >= 0.6 is 23.5 Å². The normalized spacial score (nSPS) is 22.6. The van der Waals surface area contributed by atoms with E-state index >= 15 is 0 Å². The van der Waals surface area contributed by atoms with Gasteiger partial charge in [0.2, 0.25) is 5.91 Å². The molecule has 1 amide bonds. The number of hydrogen-bond donors (Lipinski definition) is 3. The van der Waals surface area contributed by atoms with E-state index in [0.717, 1.165) is 23.5 Å². The minimum absolute atomic E-state index is 0.138. The Morgan fingerprint density at radius 1 is 1.20 bits per heavy atom. The molecule has 164 valence electrons. The van der Waals surface area contributed by atoms with E-state index < -0.39 is 30.1 Å². The molecule has 3 N–H and O–H groups in total. The molecule has 2 heterocycles. The Hall–Kier alpha value is -1.71. The average molecular weight is 453 g/mol. The number of carboxylic acid groups (broad SMARTS) is 2. The zero-order valence-electron chi connectivity index (χ0n) is 17.0. The second-order valence-corrected chi connectivity index (χ2v) is 11.0. The molecule has 2 aliphatic rings. The number of piperidine rings is 1. The van der Waals surface area contributed by atoms with E-state index in [1.165, 1.54) is 4.90 Å². The third-order valence-corrected chi connectivity index (χ3v) is 9.15. The first-order valence-electron chi connectivity index (χ1n) is 10.2. The molecule has 7 nitrogen and oxygen atoms in total. The van der Waals surface area contributed by atoms with Crippen molar-refractivity contribution < 1.29 is 24.6 Å². The van der Waals surface area contributed by atoms with Crippen LogP contribution in [0.5, 0.6) is 0 Å². The number of carboxylic acids is 2. The van der Waals surface area contributed by atoms with Crippen LogP contribution in [0.4, 0.5) is 0 Å². The van der Waals surface area contributed by atoms with E-state index in [-0.39, 0.29) is 9.99 Å². The predicted molar refractivity (Wildman–Crippen MR) is 119 cm³/mol. The number of hydrogen-bond acceptors (Lipinski definition) is 6. The molecule has 1 aromatic carbocycles. The third-order valence-electron chi connectivity index (χ3n) is 5.65. The van der Waals surface area contributed by atoms with Crippen LogP contribution in [-0.4, -0.2) is 73.2 Å². The van der Waals surface area contributed by atoms with Gasteiger partial charge in [-0.1, -0.05) is 30.3 Å². The first kappa shape index (κ1) is 23.0. The summed E-state index contributed by atoms with van der Waals surface area (Å²) < 4.78 is -0.138. The van der Waals surface area contributed by atoms with Gasteiger partial charge >= 0.3 is 11.9 Å². The highest BCUT2D eigenvalue weighted by Crippen LogP contribution is 2.50. The smallest absolute Gasteiger partial charge is 0.326 e. The van der Waals surface area contributed by atoms with E-state index in [1.54, 1.807) is 30.4 Å². The van der Waals surface area contributed by atoms with Crippen LogP contribution in [0.2, 0.25) is 0 Å². The van der Waals surface area contributed by atoms with Crippen LogP contribution in [0.1, 0.15) is 31.7 Å². The Morgan fingerprint density at radius 3 is 2.47 bits per heavy atom. The summed E-state index contributed by atoms with van der Waals surface area (Å²) in [6.45, 7) is 2.00. The summed E-state index contributed by atoms with van der Waals surface area (Å²) in [5.74, 6) is -0.368. The van der Waals surface area contributed by atoms with E-state index in [0.29, 0.717) is 25.8 Å². The van der Waals surface area contributed by atoms with Gasteiger partial charge in [0.25, 0.3) is 0 Å². The van der Waals surface area contributed by atoms with Gasteiger partial charge in [-0.15, -0.1) is 23.5 Å². The van der Waals surface area contributed by atoms with E-state index in [1.807, 2.05) is 30.3 Å². The SMILES string of the molecule is CC(N[C@@H](CCc1ccccc1)C(=O)O)C(=O)N1CC2(CC[C@H]1C(=O)O)SCCS2. The van der Waals surface area contributed by atoms with E-state index in [9.17, 15) is 24.6 Å². The highest BCUT2D eigenvalue weighted by molar-refractivity contribution is 8.21. The molecule has 9 heteroatoms. The highest BCUT2D eigenvalue weighted by atomic mass is 32.2. The molecule has 1 unspecified atom stereocenters. The Labute approximate surface area is 185 Å². The molecular formula is C21H28N2O5S2. The molecule has 2 saturated heterocycles. The number of aliphatic carboxylic acids is 2. The lowest BCUT2D eigenvalue weighted by molar-refractivity contribution is -0.153. The number of amides is 1. The summed E-state index contributed by atoms with van der Waals surface area (Å²) in [5.41, 5.74) is 1.03. The van der Waals surface area contributed by atoms with Crippen LogP contribution in [0, 0.1) is 0 Å². The van der Waals surface area contributed by atoms with Gasteiger partial charge in [0, 0.05) is 18.1 Å². The minimum Gasteiger partial charge on any atom is -0.480 e. The Morgan fingerprint density at radius 2 is 1.87 bits per heavy atom. The molecule has 0 radical (unpaired) electrons. The van der Waals surface area contributed by atoms with Gasteiger partial charge < -0.3 is 15.1 Å². The lowest BCUT2D eigenvalue weighted by Gasteiger charge is -2.43. The molecule has 1 aromatic rings. The molecule has 2 fully saturated rings. The van der Waals surface area contributed by atoms with Gasteiger partial charge in [-0.2, -0.15) is 0 Å². The Kier molecular flexibility index (Phi) is 7.70. The number of benzene rings is 1. The zero-order chi connectivity index (χ0) is 21.7. The molecule has 2 aliphatic heterocycles. The fraction of sp³-hybridized carbons (Fsp3) is 0.571. The number of nitrogens with one attached hydrogen (secondary N) is 1. The number of carbonyl (C=O) groups excluding carboxylic acids is 1. The molecule has 30 heavy (non-hydrogen) atoms. The number of nitrogens with zero attached hydrogens (tertiary/aromatic N) is 1. The number of likely N-dealkylation sites (tertiary alicyclic amines) is 1. The summed E-state index contributed by atoms with van der Waals surface area (Å²) in [7, 11) is 0. The summed E-state index contributed by atoms with van der Waals surface area (Å²) in [6, 6.07) is 7.06. The maximum absolute atomic E-state index is 13.2. The average Bonchev–Trinajstić information content (AvgIpc) is 3.18. The molecule has 0 saturated carbocycles. The minimum atomic E-state index is -1.02. The second kappa shape index (κ2) is 10.1. The fourth-order valence-electron chi connectivity index (χ4n) is 4.04. The largest absolute Gasteiger partial charge is 0.480 e. The van der Waals surface area contributed by atoms with Crippen molar-refractivity contribution in [3.8, 4) is 0 Å². The van der Waals surface area contributed by atoms with Crippen molar-refractivity contribution in [2.45, 2.75) is 54.8 Å². The van der Waals surface area contributed by atoms with E-state index in [2.05, 4.69) is 5.32 Å². The van der Waals surface area contributed by atoms with E-state index in [4.69, 9.17) is 0 Å². The first-order valence-corrected chi connectivity index (χ1v) is 12.1. The Bertz CT molecular complexity index is 770. The molecule has 0 aliphatic carbocycles. The molecule has 0 aromatic heterocycles. The summed E-state index contributed by atoms with van der Waals surface area (Å²) >= 11 is 3.60. The van der Waals surface area contributed by atoms with Gasteiger partial charge in [0.1, 0.15) is 12.1 Å². The summed E-state index contributed by atoms with van der Waals surface area (Å²) in [6.07, 6.45) is 2.10. The summed E-state index contributed by atoms with van der Waals surface area (Å²) in [4.78, 5) is 38.1. The van der Waals surface area contributed by atoms with Gasteiger partial charge in [0.05, 0.1) is 10.1 Å². The van der Waals surface area contributed by atoms with Crippen molar-refractivity contribution >= 4 is 41.4 Å². The van der Waals surface area contributed by atoms with Gasteiger partial charge in [-0.3, -0.25) is 14.9 Å². The van der Waals surface area contributed by atoms with Crippen LogP contribution in [0.3, 0.4) is 0 Å². The maximum Gasteiger partial charge on any atom is 0.326 e. The van der Waals surface area contributed by atoms with Gasteiger partial charge in [-0.25, -0.2) is 4.79 Å². The quantitative estimate of drug-likeness (QED) is 0.552. The maximum atomic E-state index is 13.2.